The van der Waals surface area contributed by atoms with Gasteiger partial charge < -0.3 is 15.5 Å². The van der Waals surface area contributed by atoms with Gasteiger partial charge in [0.25, 0.3) is 0 Å². The van der Waals surface area contributed by atoms with Crippen LogP contribution in [-0.2, 0) is 16.0 Å². The summed E-state index contributed by atoms with van der Waals surface area (Å²) in [6.07, 6.45) is 3.54. The smallest absolute Gasteiger partial charge is 0.307 e. The first-order valence-corrected chi connectivity index (χ1v) is 8.94. The van der Waals surface area contributed by atoms with E-state index in [4.69, 9.17) is 5.11 Å². The van der Waals surface area contributed by atoms with E-state index >= 15 is 0 Å². The molecule has 0 aliphatic heterocycles. The van der Waals surface area contributed by atoms with Crippen molar-refractivity contribution in [2.24, 2.45) is 5.92 Å². The van der Waals surface area contributed by atoms with E-state index in [1.165, 1.54) is 5.56 Å². The summed E-state index contributed by atoms with van der Waals surface area (Å²) in [5, 5.41) is 22.1. The summed E-state index contributed by atoms with van der Waals surface area (Å²) in [6, 6.07) is 15.2. The highest BCUT2D eigenvalue weighted by Crippen LogP contribution is 2.51. The zero-order valence-corrected chi connectivity index (χ0v) is 14.5. The molecule has 5 heteroatoms. The number of carboxylic acid groups (broad SMARTS) is 1. The topological polar surface area (TPSA) is 86.6 Å². The van der Waals surface area contributed by atoms with E-state index in [1.807, 2.05) is 18.2 Å². The Balaban J connectivity index is 1.49. The molecule has 1 saturated carbocycles. The highest BCUT2D eigenvalue weighted by atomic mass is 16.4. The van der Waals surface area contributed by atoms with Gasteiger partial charge in [-0.1, -0.05) is 42.5 Å². The van der Waals surface area contributed by atoms with Crippen LogP contribution in [0.15, 0.2) is 48.5 Å². The van der Waals surface area contributed by atoms with Crippen molar-refractivity contribution in [3.8, 4) is 5.75 Å². The number of hydrogen-bond donors (Lipinski definition) is 3. The van der Waals surface area contributed by atoms with Crippen LogP contribution in [0.4, 0.5) is 5.69 Å². The minimum Gasteiger partial charge on any atom is -0.505 e. The molecule has 0 spiro atoms. The molecule has 2 atom stereocenters. The molecule has 5 nitrogen and oxygen atoms in total. The molecule has 1 aliphatic carbocycles. The van der Waals surface area contributed by atoms with Gasteiger partial charge in [-0.05, 0) is 37.3 Å². The zero-order chi connectivity index (χ0) is 18.5. The summed E-state index contributed by atoms with van der Waals surface area (Å²) >= 11 is 0. The fourth-order valence-corrected chi connectivity index (χ4v) is 3.25. The minimum absolute atomic E-state index is 0.0149. The summed E-state index contributed by atoms with van der Waals surface area (Å²) in [7, 11) is 0. The first-order valence-electron chi connectivity index (χ1n) is 8.94. The van der Waals surface area contributed by atoms with Gasteiger partial charge in [-0.15, -0.1) is 0 Å². The number of carbonyl (C=O) groups is 2. The number of carbonyl (C=O) groups excluding carboxylic acids is 1. The number of aryl methyl sites for hydroxylation is 1. The van der Waals surface area contributed by atoms with Crippen molar-refractivity contribution >= 4 is 17.6 Å². The third-order valence-electron chi connectivity index (χ3n) is 4.81. The van der Waals surface area contributed by atoms with Gasteiger partial charge in [0.05, 0.1) is 11.6 Å². The number of aliphatic carboxylic acids is 1. The highest BCUT2D eigenvalue weighted by molar-refractivity contribution is 5.92. The molecule has 2 aromatic rings. The molecule has 1 amide bonds. The number of benzene rings is 2. The van der Waals surface area contributed by atoms with Gasteiger partial charge in [0.1, 0.15) is 5.75 Å². The highest BCUT2D eigenvalue weighted by Gasteiger charge is 2.45. The average molecular weight is 353 g/mol. The van der Waals surface area contributed by atoms with Crippen molar-refractivity contribution in [1.29, 1.82) is 0 Å². The molecule has 3 N–H and O–H groups in total. The SMILES string of the molecule is O=C(CCCCc1ccccc1)Nc1cccc([C@@H]2C[C@H]2C(=O)O)c1O. The number of para-hydroxylation sites is 1. The Morgan fingerprint density at radius 2 is 1.81 bits per heavy atom. The van der Waals surface area contributed by atoms with Crippen LogP contribution >= 0.6 is 0 Å². The van der Waals surface area contributed by atoms with E-state index < -0.39 is 11.9 Å². The molecule has 0 aromatic heterocycles. The van der Waals surface area contributed by atoms with E-state index in [9.17, 15) is 14.7 Å². The molecule has 26 heavy (non-hydrogen) atoms. The van der Waals surface area contributed by atoms with Crippen LogP contribution in [0.5, 0.6) is 5.75 Å². The second kappa shape index (κ2) is 8.04. The van der Waals surface area contributed by atoms with Gasteiger partial charge in [-0.2, -0.15) is 0 Å². The summed E-state index contributed by atoms with van der Waals surface area (Å²) in [5.41, 5.74) is 2.21. The van der Waals surface area contributed by atoms with E-state index in [0.717, 1.165) is 19.3 Å². The molecular formula is C21H23NO4. The molecule has 2 aromatic carbocycles. The number of rotatable bonds is 8. The fraction of sp³-hybridized carbons (Fsp3) is 0.333. The molecule has 0 bridgehead atoms. The van der Waals surface area contributed by atoms with Crippen molar-refractivity contribution in [1.82, 2.24) is 0 Å². The molecule has 3 rings (SSSR count). The number of anilines is 1. The number of amides is 1. The van der Waals surface area contributed by atoms with Crippen molar-refractivity contribution in [3.63, 3.8) is 0 Å². The van der Waals surface area contributed by atoms with Crippen molar-refractivity contribution in [2.45, 2.75) is 38.0 Å². The fourth-order valence-electron chi connectivity index (χ4n) is 3.25. The number of phenolic OH excluding ortho intramolecular Hbond substituents is 1. The lowest BCUT2D eigenvalue weighted by Crippen LogP contribution is -2.11. The van der Waals surface area contributed by atoms with Crippen molar-refractivity contribution < 1.29 is 19.8 Å². The lowest BCUT2D eigenvalue weighted by Gasteiger charge is -2.11. The first-order chi connectivity index (χ1) is 12.6. The molecule has 136 valence electrons. The van der Waals surface area contributed by atoms with E-state index in [1.54, 1.807) is 18.2 Å². The van der Waals surface area contributed by atoms with Gasteiger partial charge in [0.15, 0.2) is 0 Å². The lowest BCUT2D eigenvalue weighted by atomic mass is 10.1. The van der Waals surface area contributed by atoms with Crippen LogP contribution in [0, 0.1) is 5.92 Å². The third kappa shape index (κ3) is 4.42. The Morgan fingerprint density at radius 3 is 2.50 bits per heavy atom. The maximum absolute atomic E-state index is 12.1. The molecule has 0 unspecified atom stereocenters. The number of carboxylic acids is 1. The van der Waals surface area contributed by atoms with E-state index in [2.05, 4.69) is 17.4 Å². The maximum atomic E-state index is 12.1. The number of hydrogen-bond acceptors (Lipinski definition) is 3. The average Bonchev–Trinajstić information content (AvgIpc) is 3.42. The summed E-state index contributed by atoms with van der Waals surface area (Å²) < 4.78 is 0. The normalized spacial score (nSPS) is 18.3. The first kappa shape index (κ1) is 18.0. The Bertz CT molecular complexity index is 788. The number of phenols is 1. The Labute approximate surface area is 152 Å². The Kier molecular flexibility index (Phi) is 5.56. The van der Waals surface area contributed by atoms with E-state index in [0.29, 0.717) is 24.1 Å². The molecular weight excluding hydrogens is 330 g/mol. The molecule has 1 fully saturated rings. The number of aromatic hydroxyl groups is 1. The second-order valence-electron chi connectivity index (χ2n) is 6.77. The molecule has 0 heterocycles. The van der Waals surface area contributed by atoms with Crippen LogP contribution in [-0.4, -0.2) is 22.1 Å². The van der Waals surface area contributed by atoms with Gasteiger partial charge in [-0.3, -0.25) is 9.59 Å². The van der Waals surface area contributed by atoms with Crippen LogP contribution in [0.1, 0.15) is 42.7 Å². The van der Waals surface area contributed by atoms with Crippen LogP contribution in [0.3, 0.4) is 0 Å². The van der Waals surface area contributed by atoms with E-state index in [-0.39, 0.29) is 17.6 Å². The molecule has 1 aliphatic rings. The van der Waals surface area contributed by atoms with Gasteiger partial charge in [0, 0.05) is 17.9 Å². The van der Waals surface area contributed by atoms with Crippen LogP contribution in [0.25, 0.3) is 0 Å². The lowest BCUT2D eigenvalue weighted by molar-refractivity contribution is -0.138. The zero-order valence-electron chi connectivity index (χ0n) is 14.5. The molecule has 0 radical (unpaired) electrons. The summed E-state index contributed by atoms with van der Waals surface area (Å²) in [5.74, 6) is -1.61. The van der Waals surface area contributed by atoms with Gasteiger partial charge in [-0.25, -0.2) is 0 Å². The Hall–Kier alpha value is -2.82. The minimum atomic E-state index is -0.845. The largest absolute Gasteiger partial charge is 0.505 e. The van der Waals surface area contributed by atoms with Crippen LogP contribution in [0.2, 0.25) is 0 Å². The quantitative estimate of drug-likeness (QED) is 0.496. The summed E-state index contributed by atoms with van der Waals surface area (Å²) in [4.78, 5) is 23.1. The number of nitrogens with one attached hydrogen (secondary N) is 1. The molecule has 0 saturated heterocycles. The monoisotopic (exact) mass is 353 g/mol. The Morgan fingerprint density at radius 1 is 1.04 bits per heavy atom. The standard InChI is InChI=1S/C21H23NO4/c23-19(12-5-4-9-14-7-2-1-3-8-14)22-18-11-6-10-15(20(18)24)16-13-17(16)21(25)26/h1-3,6-8,10-11,16-17,24H,4-5,9,12-13H2,(H,22,23)(H,25,26)/t16-,17+/m0/s1. The van der Waals surface area contributed by atoms with Crippen molar-refractivity contribution in [2.75, 3.05) is 5.32 Å². The van der Waals surface area contributed by atoms with Crippen molar-refractivity contribution in [3.05, 3.63) is 59.7 Å². The number of unbranched alkanes of at least 4 members (excludes halogenated alkanes) is 1. The predicted molar refractivity (Wildman–Crippen MR) is 99.2 cm³/mol. The van der Waals surface area contributed by atoms with Gasteiger partial charge in [0.2, 0.25) is 5.91 Å². The summed E-state index contributed by atoms with van der Waals surface area (Å²) in [6.45, 7) is 0. The predicted octanol–water partition coefficient (Wildman–Crippen LogP) is 3.93. The van der Waals surface area contributed by atoms with Gasteiger partial charge >= 0.3 is 5.97 Å². The second-order valence-corrected chi connectivity index (χ2v) is 6.77. The maximum Gasteiger partial charge on any atom is 0.307 e. The van der Waals surface area contributed by atoms with Crippen LogP contribution < -0.4 is 5.32 Å². The third-order valence-corrected chi connectivity index (χ3v) is 4.81.